The highest BCUT2D eigenvalue weighted by molar-refractivity contribution is 6.31. The molecule has 0 bridgehead atoms. The highest BCUT2D eigenvalue weighted by Gasteiger charge is 2.15. The van der Waals surface area contributed by atoms with Crippen LogP contribution in [0.3, 0.4) is 0 Å². The Labute approximate surface area is 86.9 Å². The second kappa shape index (κ2) is 4.64. The van der Waals surface area contributed by atoms with Gasteiger partial charge in [-0.3, -0.25) is 4.79 Å². The van der Waals surface area contributed by atoms with Gasteiger partial charge in [0.2, 0.25) is 6.10 Å². The lowest BCUT2D eigenvalue weighted by Crippen LogP contribution is -2.06. The maximum absolute atomic E-state index is 10.7. The number of nitrogens with zero attached hydrogens (tertiary/aromatic N) is 1. The topological polar surface area (TPSA) is 50.1 Å². The van der Waals surface area contributed by atoms with Crippen molar-refractivity contribution in [3.63, 3.8) is 0 Å². The van der Waals surface area contributed by atoms with E-state index in [0.717, 1.165) is 0 Å². The number of carbonyl (C=O) groups is 1. The van der Waals surface area contributed by atoms with E-state index in [-0.39, 0.29) is 0 Å². The summed E-state index contributed by atoms with van der Waals surface area (Å²) in [7, 11) is 0. The fourth-order valence-corrected chi connectivity index (χ4v) is 1.25. The van der Waals surface area contributed by atoms with Gasteiger partial charge in [-0.25, -0.2) is 0 Å². The first kappa shape index (κ1) is 10.6. The van der Waals surface area contributed by atoms with Gasteiger partial charge < -0.3 is 4.74 Å². The zero-order valence-electron chi connectivity index (χ0n) is 7.53. The highest BCUT2D eigenvalue weighted by atomic mass is 35.5. The van der Waals surface area contributed by atoms with Gasteiger partial charge in [0.15, 0.2) is 0 Å². The molecule has 0 aromatic heterocycles. The van der Waals surface area contributed by atoms with Gasteiger partial charge in [0.05, 0.1) is 0 Å². The van der Waals surface area contributed by atoms with Gasteiger partial charge in [0.1, 0.15) is 6.07 Å². The van der Waals surface area contributed by atoms with Gasteiger partial charge >= 0.3 is 5.97 Å². The zero-order valence-corrected chi connectivity index (χ0v) is 8.28. The van der Waals surface area contributed by atoms with E-state index in [0.29, 0.717) is 10.6 Å². The second-order valence-electron chi connectivity index (χ2n) is 2.64. The summed E-state index contributed by atoms with van der Waals surface area (Å²) in [6.07, 6.45) is -0.929. The predicted octanol–water partition coefficient (Wildman–Crippen LogP) is 2.47. The summed E-state index contributed by atoms with van der Waals surface area (Å²) < 4.78 is 4.78. The van der Waals surface area contributed by atoms with Gasteiger partial charge in [-0.15, -0.1) is 0 Å². The SMILES string of the molecule is CC(=O)O[C@H](C#N)c1ccccc1Cl. The van der Waals surface area contributed by atoms with Crippen molar-refractivity contribution in [2.24, 2.45) is 0 Å². The third-order valence-corrected chi connectivity index (χ3v) is 1.93. The molecule has 0 aliphatic carbocycles. The molecular weight excluding hydrogens is 202 g/mol. The fraction of sp³-hybridized carbons (Fsp3) is 0.200. The molecule has 72 valence electrons. The zero-order chi connectivity index (χ0) is 10.6. The lowest BCUT2D eigenvalue weighted by molar-refractivity contribution is -0.144. The molecule has 14 heavy (non-hydrogen) atoms. The average molecular weight is 210 g/mol. The standard InChI is InChI=1S/C10H8ClNO2/c1-7(13)14-10(6-12)8-4-2-3-5-9(8)11/h2-5,10H,1H3/t10-/m1/s1. The van der Waals surface area contributed by atoms with Crippen molar-refractivity contribution in [3.05, 3.63) is 34.9 Å². The van der Waals surface area contributed by atoms with E-state index in [2.05, 4.69) is 0 Å². The van der Waals surface area contributed by atoms with Crippen molar-refractivity contribution in [3.8, 4) is 6.07 Å². The number of hydrogen-bond donors (Lipinski definition) is 0. The number of halogens is 1. The number of ether oxygens (including phenoxy) is 1. The first-order chi connectivity index (χ1) is 6.65. The monoisotopic (exact) mass is 209 g/mol. The Morgan fingerprint density at radius 1 is 1.57 bits per heavy atom. The minimum absolute atomic E-state index is 0.417. The molecule has 1 atom stereocenters. The minimum Gasteiger partial charge on any atom is -0.442 e. The van der Waals surface area contributed by atoms with Gasteiger partial charge in [-0.2, -0.15) is 5.26 Å². The summed E-state index contributed by atoms with van der Waals surface area (Å²) in [6.45, 7) is 1.25. The average Bonchev–Trinajstić information content (AvgIpc) is 2.15. The number of nitriles is 1. The Bertz CT molecular complexity index is 384. The van der Waals surface area contributed by atoms with Gasteiger partial charge in [0.25, 0.3) is 0 Å². The molecule has 1 aromatic carbocycles. The molecule has 3 nitrogen and oxygen atoms in total. The van der Waals surface area contributed by atoms with Crippen LogP contribution in [-0.2, 0) is 9.53 Å². The van der Waals surface area contributed by atoms with Crippen LogP contribution in [0.2, 0.25) is 5.02 Å². The van der Waals surface area contributed by atoms with Crippen LogP contribution in [0, 0.1) is 11.3 Å². The van der Waals surface area contributed by atoms with Crippen molar-refractivity contribution >= 4 is 17.6 Å². The normalized spacial score (nSPS) is 11.5. The van der Waals surface area contributed by atoms with Crippen molar-refractivity contribution < 1.29 is 9.53 Å². The summed E-state index contributed by atoms with van der Waals surface area (Å²) >= 11 is 5.84. The smallest absolute Gasteiger partial charge is 0.304 e. The van der Waals surface area contributed by atoms with Crippen LogP contribution in [0.5, 0.6) is 0 Å². The Morgan fingerprint density at radius 2 is 2.21 bits per heavy atom. The van der Waals surface area contributed by atoms with Crippen LogP contribution in [0.25, 0.3) is 0 Å². The van der Waals surface area contributed by atoms with E-state index in [1.54, 1.807) is 24.3 Å². The number of esters is 1. The molecule has 0 saturated heterocycles. The lowest BCUT2D eigenvalue weighted by Gasteiger charge is -2.10. The number of hydrogen-bond acceptors (Lipinski definition) is 3. The molecule has 0 fully saturated rings. The van der Waals surface area contributed by atoms with Crippen LogP contribution in [0.15, 0.2) is 24.3 Å². The van der Waals surface area contributed by atoms with Crippen LogP contribution < -0.4 is 0 Å². The first-order valence-corrected chi connectivity index (χ1v) is 4.34. The van der Waals surface area contributed by atoms with E-state index in [9.17, 15) is 4.79 Å². The van der Waals surface area contributed by atoms with E-state index in [4.69, 9.17) is 21.6 Å². The second-order valence-corrected chi connectivity index (χ2v) is 3.05. The van der Waals surface area contributed by atoms with Gasteiger partial charge in [-0.05, 0) is 6.07 Å². The third kappa shape index (κ3) is 2.48. The van der Waals surface area contributed by atoms with Crippen LogP contribution in [-0.4, -0.2) is 5.97 Å². The molecule has 0 N–H and O–H groups in total. The molecule has 0 saturated carbocycles. The molecule has 0 amide bonds. The lowest BCUT2D eigenvalue weighted by atomic mass is 10.1. The first-order valence-electron chi connectivity index (χ1n) is 3.96. The summed E-state index contributed by atoms with van der Waals surface area (Å²) in [5, 5.41) is 9.18. The largest absolute Gasteiger partial charge is 0.442 e. The van der Waals surface area contributed by atoms with E-state index in [1.165, 1.54) is 6.92 Å². The summed E-state index contributed by atoms with van der Waals surface area (Å²) in [5.41, 5.74) is 0.506. The number of carbonyl (C=O) groups excluding carboxylic acids is 1. The highest BCUT2D eigenvalue weighted by Crippen LogP contribution is 2.24. The third-order valence-electron chi connectivity index (χ3n) is 1.59. The molecule has 0 spiro atoms. The van der Waals surface area contributed by atoms with E-state index >= 15 is 0 Å². The van der Waals surface area contributed by atoms with E-state index in [1.807, 2.05) is 6.07 Å². The molecule has 0 heterocycles. The van der Waals surface area contributed by atoms with Crippen LogP contribution in [0.1, 0.15) is 18.6 Å². The molecule has 0 aliphatic heterocycles. The van der Waals surface area contributed by atoms with Crippen molar-refractivity contribution in [1.29, 1.82) is 5.26 Å². The maximum Gasteiger partial charge on any atom is 0.304 e. The molecule has 1 rings (SSSR count). The molecular formula is C10H8ClNO2. The van der Waals surface area contributed by atoms with Gasteiger partial charge in [-0.1, -0.05) is 29.8 Å². The quantitative estimate of drug-likeness (QED) is 0.703. The Hall–Kier alpha value is -1.53. The molecule has 0 radical (unpaired) electrons. The predicted molar refractivity (Wildman–Crippen MR) is 51.6 cm³/mol. The Kier molecular flexibility index (Phi) is 3.49. The molecule has 0 unspecified atom stereocenters. The van der Waals surface area contributed by atoms with Crippen molar-refractivity contribution in [2.75, 3.05) is 0 Å². The number of rotatable bonds is 2. The molecule has 4 heteroatoms. The van der Waals surface area contributed by atoms with E-state index < -0.39 is 12.1 Å². The van der Waals surface area contributed by atoms with Crippen LogP contribution in [0.4, 0.5) is 0 Å². The molecule has 0 aliphatic rings. The minimum atomic E-state index is -0.929. The van der Waals surface area contributed by atoms with Crippen LogP contribution >= 0.6 is 11.6 Å². The Morgan fingerprint density at radius 3 is 2.71 bits per heavy atom. The fourth-order valence-electron chi connectivity index (χ4n) is 1.01. The van der Waals surface area contributed by atoms with Crippen molar-refractivity contribution in [1.82, 2.24) is 0 Å². The summed E-state index contributed by atoms with van der Waals surface area (Å²) in [4.78, 5) is 10.7. The summed E-state index contributed by atoms with van der Waals surface area (Å²) in [5.74, 6) is -0.503. The Balaban J connectivity index is 2.96. The summed E-state index contributed by atoms with van der Waals surface area (Å²) in [6, 6.07) is 8.63. The number of benzene rings is 1. The maximum atomic E-state index is 10.7. The molecule has 1 aromatic rings. The van der Waals surface area contributed by atoms with Gasteiger partial charge in [0, 0.05) is 17.5 Å². The van der Waals surface area contributed by atoms with Crippen molar-refractivity contribution in [2.45, 2.75) is 13.0 Å².